The zero-order chi connectivity index (χ0) is 13.5. The van der Waals surface area contributed by atoms with Gasteiger partial charge in [0.05, 0.1) is 0 Å². The van der Waals surface area contributed by atoms with Crippen molar-refractivity contribution < 1.29 is 10.4 Å². The number of nitrogens with zero attached hydrogens (tertiary/aromatic N) is 4. The largest absolute Gasteiger partial charge is 0.423 e. The maximum absolute atomic E-state index is 9.25. The topological polar surface area (TPSA) is 141 Å². The molecule has 1 aromatic heterocycles. The summed E-state index contributed by atoms with van der Waals surface area (Å²) in [5, 5.41) is 24.6. The van der Waals surface area contributed by atoms with Crippen molar-refractivity contribution in [3.63, 3.8) is 0 Å². The molecule has 1 aromatic rings. The van der Waals surface area contributed by atoms with Gasteiger partial charge < -0.3 is 21.0 Å². The Balaban J connectivity index is 0.000000492. The Morgan fingerprint density at radius 2 is 1.94 bits per heavy atom. The molecule has 0 bridgehead atoms. The van der Waals surface area contributed by atoms with Gasteiger partial charge >= 0.3 is 0 Å². The maximum Gasteiger partial charge on any atom is 0.259 e. The average molecular weight is 256 g/mol. The monoisotopic (exact) mass is 256 g/mol. The minimum atomic E-state index is -0.226. The van der Waals surface area contributed by atoms with Gasteiger partial charge in [-0.2, -0.15) is 4.98 Å². The summed E-state index contributed by atoms with van der Waals surface area (Å²) >= 11 is 0. The molecular formula is C9H16N6O3. The Morgan fingerprint density at radius 1 is 1.39 bits per heavy atom. The van der Waals surface area contributed by atoms with E-state index in [-0.39, 0.29) is 11.4 Å². The molecule has 0 saturated carbocycles. The van der Waals surface area contributed by atoms with Crippen molar-refractivity contribution in [2.75, 3.05) is 23.7 Å². The fourth-order valence-corrected chi connectivity index (χ4v) is 1.79. The van der Waals surface area contributed by atoms with Crippen molar-refractivity contribution in [2.45, 2.75) is 19.3 Å². The number of anilines is 2. The van der Waals surface area contributed by atoms with Crippen LogP contribution >= 0.6 is 0 Å². The second kappa shape index (κ2) is 6.42. The molecule has 0 atom stereocenters. The van der Waals surface area contributed by atoms with E-state index in [2.05, 4.69) is 9.88 Å². The lowest BCUT2D eigenvalue weighted by molar-refractivity contribution is 0.171. The van der Waals surface area contributed by atoms with Crippen molar-refractivity contribution in [3.05, 3.63) is 16.6 Å². The van der Waals surface area contributed by atoms with Gasteiger partial charge in [0.15, 0.2) is 5.34 Å². The molecule has 2 rings (SSSR count). The van der Waals surface area contributed by atoms with E-state index in [1.807, 2.05) is 0 Å². The number of piperidine rings is 1. The molecular weight excluding hydrogens is 240 g/mol. The molecule has 2 heterocycles. The van der Waals surface area contributed by atoms with Crippen LogP contribution in [0.2, 0.25) is 0 Å². The van der Waals surface area contributed by atoms with Crippen LogP contribution in [0.3, 0.4) is 0 Å². The Bertz CT molecular complexity index is 454. The number of nitrogen functional groups attached to an aromatic ring is 1. The second-order valence-corrected chi connectivity index (χ2v) is 3.80. The smallest absolute Gasteiger partial charge is 0.259 e. The average Bonchev–Trinajstić information content (AvgIpc) is 2.37. The lowest BCUT2D eigenvalue weighted by Gasteiger charge is -2.27. The van der Waals surface area contributed by atoms with E-state index >= 15 is 0 Å². The van der Waals surface area contributed by atoms with E-state index in [1.165, 1.54) is 11.8 Å². The summed E-state index contributed by atoms with van der Waals surface area (Å²) in [6.07, 6.45) is 3.53. The number of hydrogen-bond acceptors (Lipinski definition) is 7. The van der Waals surface area contributed by atoms with Crippen LogP contribution in [0.4, 0.5) is 11.6 Å². The lowest BCUT2D eigenvalue weighted by atomic mass is 10.1. The molecule has 0 unspecified atom stereocenters. The summed E-state index contributed by atoms with van der Waals surface area (Å²) in [5.74, 6) is 0.832. The molecule has 0 aromatic carbocycles. The highest BCUT2D eigenvalue weighted by atomic mass is 16.6. The van der Waals surface area contributed by atoms with Gasteiger partial charge in [0, 0.05) is 19.2 Å². The molecule has 100 valence electrons. The molecule has 9 heteroatoms. The predicted molar refractivity (Wildman–Crippen MR) is 63.3 cm³/mol. The summed E-state index contributed by atoms with van der Waals surface area (Å²) in [7, 11) is 0. The molecule has 5 N–H and O–H groups in total. The van der Waals surface area contributed by atoms with Crippen LogP contribution in [0.5, 0.6) is 0 Å². The highest BCUT2D eigenvalue weighted by Gasteiger charge is 2.13. The second-order valence-electron chi connectivity index (χ2n) is 3.80. The molecule has 1 aliphatic heterocycles. The molecule has 0 spiro atoms. The van der Waals surface area contributed by atoms with E-state index < -0.39 is 0 Å². The summed E-state index contributed by atoms with van der Waals surface area (Å²) < 4.78 is 0.577. The van der Waals surface area contributed by atoms with Crippen molar-refractivity contribution in [1.29, 1.82) is 5.41 Å². The predicted octanol–water partition coefficient (Wildman–Crippen LogP) is 0.314. The van der Waals surface area contributed by atoms with Crippen LogP contribution in [0.15, 0.2) is 11.4 Å². The van der Waals surface area contributed by atoms with Gasteiger partial charge in [-0.25, -0.2) is 0 Å². The van der Waals surface area contributed by atoms with Crippen LogP contribution in [0, 0.1) is 10.3 Å². The molecule has 1 fully saturated rings. The van der Waals surface area contributed by atoms with Gasteiger partial charge in [0.1, 0.15) is 11.6 Å². The Labute approximate surface area is 103 Å². The zero-order valence-electron chi connectivity index (χ0n) is 9.78. The highest BCUT2D eigenvalue weighted by molar-refractivity contribution is 5.46. The standard InChI is InChI=1S/C9H15N5O.HNO2/c10-7-6-8(12-9(11)14(7)15)13-4-2-1-3-5-13;2-1-3/h6,11,15H,1-5,10H2;(H,2,3). The Kier molecular flexibility index (Phi) is 4.90. The van der Waals surface area contributed by atoms with Crippen LogP contribution in [0.1, 0.15) is 19.3 Å². The van der Waals surface area contributed by atoms with Crippen molar-refractivity contribution in [2.24, 2.45) is 5.34 Å². The van der Waals surface area contributed by atoms with Crippen LogP contribution in [0.25, 0.3) is 0 Å². The van der Waals surface area contributed by atoms with Gasteiger partial charge in [0.25, 0.3) is 5.62 Å². The van der Waals surface area contributed by atoms with Gasteiger partial charge in [-0.05, 0) is 19.3 Å². The molecule has 1 saturated heterocycles. The van der Waals surface area contributed by atoms with Crippen molar-refractivity contribution in [3.8, 4) is 0 Å². The third-order valence-corrected chi connectivity index (χ3v) is 2.62. The van der Waals surface area contributed by atoms with E-state index in [0.29, 0.717) is 10.5 Å². The Morgan fingerprint density at radius 3 is 2.44 bits per heavy atom. The summed E-state index contributed by atoms with van der Waals surface area (Å²) in [4.78, 5) is 14.2. The number of rotatable bonds is 1. The zero-order valence-corrected chi connectivity index (χ0v) is 9.78. The van der Waals surface area contributed by atoms with E-state index in [9.17, 15) is 5.21 Å². The van der Waals surface area contributed by atoms with E-state index in [4.69, 9.17) is 21.3 Å². The molecule has 1 aliphatic rings. The molecule has 0 amide bonds. The first-order chi connectivity index (χ1) is 8.60. The fourth-order valence-electron chi connectivity index (χ4n) is 1.79. The summed E-state index contributed by atoms with van der Waals surface area (Å²) in [6, 6.07) is 1.60. The minimum absolute atomic E-state index is 0.149. The first kappa shape index (κ1) is 13.7. The quantitative estimate of drug-likeness (QED) is 0.324. The molecule has 0 aliphatic carbocycles. The fraction of sp³-hybridized carbons (Fsp3) is 0.556. The molecule has 18 heavy (non-hydrogen) atoms. The van der Waals surface area contributed by atoms with Crippen LogP contribution in [-0.2, 0) is 0 Å². The van der Waals surface area contributed by atoms with Crippen molar-refractivity contribution >= 4 is 11.6 Å². The van der Waals surface area contributed by atoms with Crippen molar-refractivity contribution in [1.82, 2.24) is 9.71 Å². The van der Waals surface area contributed by atoms with Gasteiger partial charge in [-0.15, -0.1) is 9.64 Å². The van der Waals surface area contributed by atoms with E-state index in [1.54, 1.807) is 6.07 Å². The first-order valence-electron chi connectivity index (χ1n) is 5.45. The van der Waals surface area contributed by atoms with Crippen LogP contribution < -0.4 is 16.3 Å². The third kappa shape index (κ3) is 3.34. The maximum atomic E-state index is 9.25. The number of hydrogen-bond donors (Lipinski definition) is 4. The molecule has 0 radical (unpaired) electrons. The number of nitrogens with two attached hydrogens (primary N) is 1. The number of aromatic nitrogens is 2. The first-order valence-corrected chi connectivity index (χ1v) is 5.45. The SMILES string of the molecule is N=c1nc(N2CCCCC2)cc(N)n1O.O=NO. The van der Waals surface area contributed by atoms with Gasteiger partial charge in [-0.1, -0.05) is 0 Å². The minimum Gasteiger partial charge on any atom is -0.423 e. The number of nitrogens with one attached hydrogen (secondary N) is 1. The summed E-state index contributed by atoms with van der Waals surface area (Å²) in [5.41, 5.74) is 5.33. The summed E-state index contributed by atoms with van der Waals surface area (Å²) in [6.45, 7) is 1.89. The van der Waals surface area contributed by atoms with Gasteiger partial charge in [0.2, 0.25) is 0 Å². The highest BCUT2D eigenvalue weighted by Crippen LogP contribution is 2.17. The molecule has 9 nitrogen and oxygen atoms in total. The van der Waals surface area contributed by atoms with Gasteiger partial charge in [-0.3, -0.25) is 5.41 Å². The third-order valence-electron chi connectivity index (χ3n) is 2.62. The van der Waals surface area contributed by atoms with E-state index in [0.717, 1.165) is 25.9 Å². The Hall–Kier alpha value is -2.32. The lowest BCUT2D eigenvalue weighted by Crippen LogP contribution is -2.33. The van der Waals surface area contributed by atoms with Crippen LogP contribution in [-0.4, -0.2) is 33.2 Å². The normalized spacial score (nSPS) is 14.6.